The van der Waals surface area contributed by atoms with Crippen molar-refractivity contribution in [3.63, 3.8) is 0 Å². The van der Waals surface area contributed by atoms with E-state index in [1.165, 1.54) is 6.92 Å². The van der Waals surface area contributed by atoms with Gasteiger partial charge in [-0.15, -0.1) is 0 Å². The molecule has 5 heteroatoms. The van der Waals surface area contributed by atoms with Gasteiger partial charge < -0.3 is 9.15 Å². The average Bonchev–Trinajstić information content (AvgIpc) is 2.69. The van der Waals surface area contributed by atoms with Crippen molar-refractivity contribution >= 4 is 28.5 Å². The molecule has 0 saturated heterocycles. The fourth-order valence-electron chi connectivity index (χ4n) is 1.69. The molecule has 0 spiro atoms. The lowest BCUT2D eigenvalue weighted by atomic mass is 10.2. The van der Waals surface area contributed by atoms with Crippen molar-refractivity contribution in [3.8, 4) is 0 Å². The standard InChI is InChI=1S/C13H13NO4/c1-3-17-13(16)14-11-9-6-4-5-7-10(9)18-12(11)8(2)15/h4-7H,3H2,1-2H3,(H,14,16). The van der Waals surface area contributed by atoms with Crippen LogP contribution in [0.3, 0.4) is 0 Å². The highest BCUT2D eigenvalue weighted by atomic mass is 16.5. The van der Waals surface area contributed by atoms with Crippen LogP contribution in [0.4, 0.5) is 10.5 Å². The highest BCUT2D eigenvalue weighted by Gasteiger charge is 2.19. The maximum atomic E-state index is 11.5. The summed E-state index contributed by atoms with van der Waals surface area (Å²) in [5.74, 6) is -0.123. The van der Waals surface area contributed by atoms with Crippen molar-refractivity contribution in [3.05, 3.63) is 30.0 Å². The van der Waals surface area contributed by atoms with Crippen LogP contribution in [-0.4, -0.2) is 18.5 Å². The van der Waals surface area contributed by atoms with Gasteiger partial charge in [0.1, 0.15) is 11.3 Å². The van der Waals surface area contributed by atoms with Crippen LogP contribution >= 0.6 is 0 Å². The van der Waals surface area contributed by atoms with Gasteiger partial charge in [0.2, 0.25) is 0 Å². The first-order chi connectivity index (χ1) is 8.63. The molecular weight excluding hydrogens is 234 g/mol. The molecule has 0 fully saturated rings. The van der Waals surface area contributed by atoms with Crippen LogP contribution < -0.4 is 5.32 Å². The van der Waals surface area contributed by atoms with Crippen LogP contribution in [-0.2, 0) is 4.74 Å². The van der Waals surface area contributed by atoms with Gasteiger partial charge in [-0.3, -0.25) is 10.1 Å². The number of ketones is 1. The van der Waals surface area contributed by atoms with Crippen LogP contribution in [0.2, 0.25) is 0 Å². The van der Waals surface area contributed by atoms with Gasteiger partial charge >= 0.3 is 6.09 Å². The molecule has 1 heterocycles. The second kappa shape index (κ2) is 4.91. The second-order valence-electron chi connectivity index (χ2n) is 3.70. The molecule has 1 amide bonds. The Kier molecular flexibility index (Phi) is 3.32. The van der Waals surface area contributed by atoms with Gasteiger partial charge in [-0.05, 0) is 19.1 Å². The average molecular weight is 247 g/mol. The van der Waals surface area contributed by atoms with Gasteiger partial charge in [0.05, 0.1) is 6.61 Å². The third-order valence-electron chi connectivity index (χ3n) is 2.42. The molecule has 2 aromatic rings. The zero-order valence-corrected chi connectivity index (χ0v) is 10.1. The molecule has 0 aliphatic heterocycles. The zero-order valence-electron chi connectivity index (χ0n) is 10.1. The van der Waals surface area contributed by atoms with E-state index in [1.807, 2.05) is 0 Å². The number of carbonyl (C=O) groups is 2. The number of furan rings is 1. The van der Waals surface area contributed by atoms with Gasteiger partial charge in [-0.2, -0.15) is 0 Å². The molecule has 2 rings (SSSR count). The normalized spacial score (nSPS) is 10.3. The lowest BCUT2D eigenvalue weighted by Crippen LogP contribution is -2.14. The number of ether oxygens (including phenoxy) is 1. The summed E-state index contributed by atoms with van der Waals surface area (Å²) in [5, 5.41) is 3.22. The topological polar surface area (TPSA) is 68.5 Å². The molecule has 0 aliphatic carbocycles. The number of fused-ring (bicyclic) bond motifs is 1. The molecule has 1 N–H and O–H groups in total. The maximum absolute atomic E-state index is 11.5. The number of amides is 1. The van der Waals surface area contributed by atoms with Crippen molar-refractivity contribution in [1.82, 2.24) is 0 Å². The Morgan fingerprint density at radius 2 is 2.06 bits per heavy atom. The number of hydrogen-bond acceptors (Lipinski definition) is 4. The summed E-state index contributed by atoms with van der Waals surface area (Å²) < 4.78 is 10.2. The van der Waals surface area contributed by atoms with Crippen molar-refractivity contribution in [2.75, 3.05) is 11.9 Å². The molecule has 1 aromatic carbocycles. The second-order valence-corrected chi connectivity index (χ2v) is 3.70. The fourth-order valence-corrected chi connectivity index (χ4v) is 1.69. The Bertz CT molecular complexity index is 600. The van der Waals surface area contributed by atoms with E-state index in [4.69, 9.17) is 9.15 Å². The van der Waals surface area contributed by atoms with Gasteiger partial charge in [-0.1, -0.05) is 12.1 Å². The van der Waals surface area contributed by atoms with E-state index in [2.05, 4.69) is 5.32 Å². The Morgan fingerprint density at radius 3 is 2.72 bits per heavy atom. The predicted octanol–water partition coefficient (Wildman–Crippen LogP) is 3.20. The van der Waals surface area contributed by atoms with Gasteiger partial charge in [0.25, 0.3) is 0 Å². The molecule has 0 radical (unpaired) electrons. The molecule has 0 atom stereocenters. The lowest BCUT2D eigenvalue weighted by molar-refractivity contribution is 0.0990. The minimum Gasteiger partial charge on any atom is -0.451 e. The maximum Gasteiger partial charge on any atom is 0.411 e. The Morgan fingerprint density at radius 1 is 1.33 bits per heavy atom. The monoisotopic (exact) mass is 247 g/mol. The number of benzene rings is 1. The van der Waals surface area contributed by atoms with Gasteiger partial charge in [-0.25, -0.2) is 4.79 Å². The van der Waals surface area contributed by atoms with Gasteiger partial charge in [0, 0.05) is 12.3 Å². The van der Waals surface area contributed by atoms with E-state index in [-0.39, 0.29) is 18.2 Å². The summed E-state index contributed by atoms with van der Waals surface area (Å²) >= 11 is 0. The van der Waals surface area contributed by atoms with E-state index in [1.54, 1.807) is 31.2 Å². The van der Waals surface area contributed by atoms with E-state index in [0.29, 0.717) is 16.7 Å². The quantitative estimate of drug-likeness (QED) is 0.845. The first kappa shape index (κ1) is 12.2. The Balaban J connectivity index is 2.48. The minimum absolute atomic E-state index is 0.129. The van der Waals surface area contributed by atoms with Crippen LogP contribution in [0.25, 0.3) is 11.0 Å². The highest BCUT2D eigenvalue weighted by molar-refractivity contribution is 6.09. The lowest BCUT2D eigenvalue weighted by Gasteiger charge is -2.04. The molecule has 1 aromatic heterocycles. The third kappa shape index (κ3) is 2.20. The minimum atomic E-state index is -0.605. The van der Waals surface area contributed by atoms with E-state index in [9.17, 15) is 9.59 Å². The molecule has 18 heavy (non-hydrogen) atoms. The predicted molar refractivity (Wildman–Crippen MR) is 66.9 cm³/mol. The number of nitrogens with one attached hydrogen (secondary N) is 1. The van der Waals surface area contributed by atoms with Crippen LogP contribution in [0, 0.1) is 0 Å². The Labute approximate surface area is 104 Å². The summed E-state index contributed by atoms with van der Waals surface area (Å²) in [6.45, 7) is 3.35. The summed E-state index contributed by atoms with van der Waals surface area (Å²) in [6.07, 6.45) is -0.605. The number of Topliss-reactive ketones (excluding diaryl/α,β-unsaturated/α-hetero) is 1. The Hall–Kier alpha value is -2.30. The SMILES string of the molecule is CCOC(=O)Nc1c(C(C)=O)oc2ccccc12. The van der Waals surface area contributed by atoms with Crippen LogP contribution in [0.15, 0.2) is 28.7 Å². The largest absolute Gasteiger partial charge is 0.451 e. The number of para-hydroxylation sites is 1. The molecule has 0 unspecified atom stereocenters. The highest BCUT2D eigenvalue weighted by Crippen LogP contribution is 2.31. The molecule has 94 valence electrons. The van der Waals surface area contributed by atoms with E-state index >= 15 is 0 Å². The number of anilines is 1. The first-order valence-corrected chi connectivity index (χ1v) is 5.59. The van der Waals surface area contributed by atoms with Crippen LogP contribution in [0.1, 0.15) is 24.4 Å². The summed E-state index contributed by atoms with van der Waals surface area (Å²) in [6, 6.07) is 7.10. The molecule has 5 nitrogen and oxygen atoms in total. The summed E-state index contributed by atoms with van der Waals surface area (Å²) in [7, 11) is 0. The van der Waals surface area contributed by atoms with E-state index < -0.39 is 6.09 Å². The fraction of sp³-hybridized carbons (Fsp3) is 0.231. The molecule has 0 saturated carbocycles. The smallest absolute Gasteiger partial charge is 0.411 e. The number of hydrogen-bond donors (Lipinski definition) is 1. The zero-order chi connectivity index (χ0) is 13.1. The van der Waals surface area contributed by atoms with Gasteiger partial charge in [0.15, 0.2) is 11.5 Å². The molecule has 0 bridgehead atoms. The third-order valence-corrected chi connectivity index (χ3v) is 2.42. The first-order valence-electron chi connectivity index (χ1n) is 5.59. The van der Waals surface area contributed by atoms with Crippen molar-refractivity contribution in [2.24, 2.45) is 0 Å². The van der Waals surface area contributed by atoms with Crippen LogP contribution in [0.5, 0.6) is 0 Å². The molecule has 0 aliphatic rings. The molecular formula is C13H13NO4. The number of carbonyl (C=O) groups excluding carboxylic acids is 2. The van der Waals surface area contributed by atoms with Crippen molar-refractivity contribution < 1.29 is 18.7 Å². The number of rotatable bonds is 3. The van der Waals surface area contributed by atoms with E-state index in [0.717, 1.165) is 0 Å². The summed E-state index contributed by atoms with van der Waals surface area (Å²) in [5.41, 5.74) is 0.908. The van der Waals surface area contributed by atoms with Crippen molar-refractivity contribution in [1.29, 1.82) is 0 Å². The summed E-state index contributed by atoms with van der Waals surface area (Å²) in [4.78, 5) is 22.9. The van der Waals surface area contributed by atoms with Crippen molar-refractivity contribution in [2.45, 2.75) is 13.8 Å².